The van der Waals surface area contributed by atoms with Gasteiger partial charge in [-0.3, -0.25) is 4.79 Å². The van der Waals surface area contributed by atoms with Gasteiger partial charge in [-0.1, -0.05) is 0 Å². The number of fused-ring (bicyclic) bond motifs is 1. The van der Waals surface area contributed by atoms with E-state index in [4.69, 9.17) is 14.2 Å². The van der Waals surface area contributed by atoms with Crippen LogP contribution in [0.25, 0.3) is 10.9 Å². The second-order valence-electron chi connectivity index (χ2n) is 9.25. The Morgan fingerprint density at radius 2 is 2.00 bits per heavy atom. The van der Waals surface area contributed by atoms with Crippen molar-refractivity contribution in [2.75, 3.05) is 38.3 Å². The minimum absolute atomic E-state index is 0.137. The quantitative estimate of drug-likeness (QED) is 0.500. The molecule has 3 heterocycles. The van der Waals surface area contributed by atoms with Gasteiger partial charge in [0.25, 0.3) is 5.91 Å². The Kier molecular flexibility index (Phi) is 7.13. The maximum absolute atomic E-state index is 12.8. The lowest BCUT2D eigenvalue weighted by atomic mass is 10.1. The second-order valence-corrected chi connectivity index (χ2v) is 9.25. The van der Waals surface area contributed by atoms with E-state index in [1.54, 1.807) is 12.1 Å². The molecule has 2 N–H and O–H groups in total. The fourth-order valence-corrected chi connectivity index (χ4v) is 4.67. The summed E-state index contributed by atoms with van der Waals surface area (Å²) < 4.78 is 19.0. The number of rotatable bonds is 9. The van der Waals surface area contributed by atoms with Crippen LogP contribution in [0.3, 0.4) is 0 Å². The van der Waals surface area contributed by atoms with Crippen LogP contribution in [-0.2, 0) is 23.1 Å². The van der Waals surface area contributed by atoms with Gasteiger partial charge in [-0.2, -0.15) is 0 Å². The zero-order valence-electron chi connectivity index (χ0n) is 19.7. The highest BCUT2D eigenvalue weighted by molar-refractivity contribution is 6.05. The number of aromatic nitrogens is 1. The van der Waals surface area contributed by atoms with Crippen molar-refractivity contribution in [2.45, 2.75) is 31.9 Å². The third-order valence-electron chi connectivity index (χ3n) is 6.74. The molecule has 7 heteroatoms. The number of aryl methyl sites for hydroxylation is 1. The van der Waals surface area contributed by atoms with E-state index in [0.29, 0.717) is 18.1 Å². The minimum Gasteiger partial charge on any atom is -0.491 e. The molecule has 2 atom stereocenters. The molecule has 1 aromatic heterocycles. The van der Waals surface area contributed by atoms with E-state index in [2.05, 4.69) is 34.4 Å². The number of ether oxygens (including phenoxy) is 3. The Labute approximate surface area is 200 Å². The Morgan fingerprint density at radius 3 is 2.76 bits per heavy atom. The fraction of sp³-hybridized carbons (Fsp3) is 0.444. The number of benzene rings is 2. The summed E-state index contributed by atoms with van der Waals surface area (Å²) >= 11 is 0. The summed E-state index contributed by atoms with van der Waals surface area (Å²) in [4.78, 5) is 12.8. The van der Waals surface area contributed by atoms with Crippen molar-refractivity contribution in [3.63, 3.8) is 0 Å². The lowest BCUT2D eigenvalue weighted by molar-refractivity contribution is 0.0679. The molecule has 0 aliphatic carbocycles. The molecule has 3 aromatic rings. The van der Waals surface area contributed by atoms with Crippen LogP contribution in [-0.4, -0.2) is 49.6 Å². The van der Waals surface area contributed by atoms with Gasteiger partial charge in [0.1, 0.15) is 12.4 Å². The molecule has 2 aliphatic rings. The minimum atomic E-state index is -0.137. The lowest BCUT2D eigenvalue weighted by Gasteiger charge is -2.12. The van der Waals surface area contributed by atoms with Crippen LogP contribution >= 0.6 is 0 Å². The summed E-state index contributed by atoms with van der Waals surface area (Å²) in [6, 6.07) is 15.5. The molecule has 2 saturated heterocycles. The third-order valence-corrected chi connectivity index (χ3v) is 6.74. The first-order chi connectivity index (χ1) is 16.7. The smallest absolute Gasteiger partial charge is 0.255 e. The summed E-state index contributed by atoms with van der Waals surface area (Å²) in [5.74, 6) is 1.22. The Bertz CT molecular complexity index is 1110. The number of nitrogens with one attached hydrogen (secondary N) is 2. The highest BCUT2D eigenvalue weighted by Crippen LogP contribution is 2.24. The molecule has 1 unspecified atom stereocenters. The number of anilines is 1. The van der Waals surface area contributed by atoms with Crippen molar-refractivity contribution in [1.82, 2.24) is 9.88 Å². The van der Waals surface area contributed by atoms with E-state index in [1.165, 1.54) is 5.69 Å². The van der Waals surface area contributed by atoms with Crippen LogP contribution in [0.4, 0.5) is 5.69 Å². The molecule has 0 radical (unpaired) electrons. The average molecular weight is 464 g/mol. The van der Waals surface area contributed by atoms with E-state index in [0.717, 1.165) is 74.5 Å². The van der Waals surface area contributed by atoms with E-state index in [-0.39, 0.29) is 12.0 Å². The van der Waals surface area contributed by atoms with E-state index in [1.807, 2.05) is 24.3 Å². The third kappa shape index (κ3) is 5.43. The summed E-state index contributed by atoms with van der Waals surface area (Å²) in [6.07, 6.45) is 3.45. The van der Waals surface area contributed by atoms with Gasteiger partial charge in [-0.05, 0) is 73.7 Å². The van der Waals surface area contributed by atoms with Gasteiger partial charge < -0.3 is 29.4 Å². The van der Waals surface area contributed by atoms with E-state index >= 15 is 0 Å². The first-order valence-electron chi connectivity index (χ1n) is 12.2. The van der Waals surface area contributed by atoms with Crippen molar-refractivity contribution in [3.05, 3.63) is 59.8 Å². The SMILES string of the molecule is Cn1c(CNCC2CCOC2)cc2cc(NC(=O)c3ccc(OC[C@@H]4CCCO4)cc3)ccc21. The van der Waals surface area contributed by atoms with Crippen LogP contribution in [0.5, 0.6) is 5.75 Å². The van der Waals surface area contributed by atoms with Gasteiger partial charge in [0, 0.05) is 61.2 Å². The van der Waals surface area contributed by atoms with E-state index in [9.17, 15) is 4.79 Å². The van der Waals surface area contributed by atoms with Crippen LogP contribution in [0.15, 0.2) is 48.5 Å². The largest absolute Gasteiger partial charge is 0.491 e. The predicted octanol–water partition coefficient (Wildman–Crippen LogP) is 4.11. The van der Waals surface area contributed by atoms with E-state index < -0.39 is 0 Å². The van der Waals surface area contributed by atoms with Gasteiger partial charge in [0.15, 0.2) is 0 Å². The number of hydrogen-bond acceptors (Lipinski definition) is 5. The lowest BCUT2D eigenvalue weighted by Crippen LogP contribution is -2.23. The molecule has 1 amide bonds. The van der Waals surface area contributed by atoms with Crippen LogP contribution in [0.1, 0.15) is 35.3 Å². The summed E-state index contributed by atoms with van der Waals surface area (Å²) in [5.41, 5.74) is 3.74. The number of carbonyl (C=O) groups excluding carboxylic acids is 1. The van der Waals surface area contributed by atoms with Gasteiger partial charge in [0.2, 0.25) is 0 Å². The molecule has 0 saturated carbocycles. The molecule has 180 valence electrons. The maximum atomic E-state index is 12.8. The van der Waals surface area contributed by atoms with Gasteiger partial charge in [-0.25, -0.2) is 0 Å². The predicted molar refractivity (Wildman–Crippen MR) is 132 cm³/mol. The zero-order chi connectivity index (χ0) is 23.3. The number of amides is 1. The number of nitrogens with zero attached hydrogens (tertiary/aromatic N) is 1. The average Bonchev–Trinajstić information content (AvgIpc) is 3.61. The molecule has 2 aliphatic heterocycles. The van der Waals surface area contributed by atoms with Crippen molar-refractivity contribution >= 4 is 22.5 Å². The molecule has 2 fully saturated rings. The molecule has 0 bridgehead atoms. The van der Waals surface area contributed by atoms with Gasteiger partial charge in [-0.15, -0.1) is 0 Å². The summed E-state index contributed by atoms with van der Waals surface area (Å²) in [5, 5.41) is 7.68. The van der Waals surface area contributed by atoms with Gasteiger partial charge in [0.05, 0.1) is 12.7 Å². The number of carbonyl (C=O) groups is 1. The molecular formula is C27H33N3O4. The van der Waals surface area contributed by atoms with Crippen LogP contribution in [0, 0.1) is 5.92 Å². The summed E-state index contributed by atoms with van der Waals surface area (Å²) in [6.45, 7) is 4.89. The first-order valence-corrected chi connectivity index (χ1v) is 12.2. The first kappa shape index (κ1) is 22.9. The normalized spacial score (nSPS) is 20.1. The second kappa shape index (κ2) is 10.6. The van der Waals surface area contributed by atoms with Crippen LogP contribution < -0.4 is 15.4 Å². The van der Waals surface area contributed by atoms with Crippen molar-refractivity contribution < 1.29 is 19.0 Å². The monoisotopic (exact) mass is 463 g/mol. The molecule has 7 nitrogen and oxygen atoms in total. The van der Waals surface area contributed by atoms with Crippen molar-refractivity contribution in [3.8, 4) is 5.75 Å². The topological polar surface area (TPSA) is 73.8 Å². The molecule has 2 aromatic carbocycles. The fourth-order valence-electron chi connectivity index (χ4n) is 4.67. The summed E-state index contributed by atoms with van der Waals surface area (Å²) in [7, 11) is 2.08. The Hall–Kier alpha value is -2.87. The number of hydrogen-bond donors (Lipinski definition) is 2. The Balaban J connectivity index is 1.17. The Morgan fingerprint density at radius 1 is 1.12 bits per heavy atom. The van der Waals surface area contributed by atoms with Crippen LogP contribution in [0.2, 0.25) is 0 Å². The van der Waals surface area contributed by atoms with Gasteiger partial charge >= 0.3 is 0 Å². The van der Waals surface area contributed by atoms with Crippen molar-refractivity contribution in [2.24, 2.45) is 13.0 Å². The molecular weight excluding hydrogens is 430 g/mol. The molecule has 34 heavy (non-hydrogen) atoms. The van der Waals surface area contributed by atoms with Crippen molar-refractivity contribution in [1.29, 1.82) is 0 Å². The maximum Gasteiger partial charge on any atom is 0.255 e. The highest BCUT2D eigenvalue weighted by atomic mass is 16.5. The zero-order valence-corrected chi connectivity index (χ0v) is 19.7. The molecule has 0 spiro atoms. The molecule has 5 rings (SSSR count). The standard InChI is InChI=1S/C27H33N3O4/c1-30-23(16-28-15-19-10-12-32-17-19)14-21-13-22(6-9-26(21)30)29-27(31)20-4-7-24(8-5-20)34-18-25-3-2-11-33-25/h4-9,13-14,19,25,28H,2-3,10-12,15-18H2,1H3,(H,29,31)/t19?,25-/m0/s1. The highest BCUT2D eigenvalue weighted by Gasteiger charge is 2.17.